The van der Waals surface area contributed by atoms with Crippen molar-refractivity contribution in [1.82, 2.24) is 5.43 Å². The summed E-state index contributed by atoms with van der Waals surface area (Å²) in [6.07, 6.45) is 3.25. The van der Waals surface area contributed by atoms with Gasteiger partial charge in [0.05, 0.1) is 19.0 Å². The maximum Gasteiger partial charge on any atom is 0.379 e. The highest BCUT2D eigenvalue weighted by Crippen LogP contribution is 2.49. The molecule has 2 aromatic carbocycles. The summed E-state index contributed by atoms with van der Waals surface area (Å²) < 4.78 is 24.3. The summed E-state index contributed by atoms with van der Waals surface area (Å²) in [6.45, 7) is 10.6. The number of carbonyl (C=O) groups excluding carboxylic acids is 1. The molecule has 168 valence electrons. The quantitative estimate of drug-likeness (QED) is 0.271. The SMILES string of the molecule is CCCOP(=O)(CCC)Oc1ccccc1C=NNC(=O)c1ccc(C(C)(C)C)cc1. The van der Waals surface area contributed by atoms with Crippen molar-refractivity contribution in [3.05, 3.63) is 65.2 Å². The van der Waals surface area contributed by atoms with Crippen LogP contribution >= 0.6 is 7.60 Å². The van der Waals surface area contributed by atoms with Crippen LogP contribution in [0.15, 0.2) is 53.6 Å². The molecule has 0 saturated carbocycles. The molecule has 7 heteroatoms. The molecule has 31 heavy (non-hydrogen) atoms. The van der Waals surface area contributed by atoms with Crippen LogP contribution in [0.4, 0.5) is 0 Å². The van der Waals surface area contributed by atoms with Gasteiger partial charge in [0.15, 0.2) is 0 Å². The molecule has 0 aliphatic heterocycles. The van der Waals surface area contributed by atoms with Crippen molar-refractivity contribution < 1.29 is 18.4 Å². The molecule has 6 nitrogen and oxygen atoms in total. The molecule has 2 aromatic rings. The fraction of sp³-hybridized carbons (Fsp3) is 0.417. The lowest BCUT2D eigenvalue weighted by molar-refractivity contribution is 0.0955. The Hall–Kier alpha value is -2.43. The molecule has 0 aromatic heterocycles. The van der Waals surface area contributed by atoms with Crippen LogP contribution in [0, 0.1) is 0 Å². The average Bonchev–Trinajstić information content (AvgIpc) is 2.73. The van der Waals surface area contributed by atoms with Crippen molar-refractivity contribution in [2.75, 3.05) is 12.8 Å². The van der Waals surface area contributed by atoms with E-state index in [-0.39, 0.29) is 11.3 Å². The largest absolute Gasteiger partial charge is 0.424 e. The minimum absolute atomic E-state index is 0.0227. The zero-order chi connectivity index (χ0) is 22.9. The molecule has 1 amide bonds. The van der Waals surface area contributed by atoms with Crippen LogP contribution in [0.25, 0.3) is 0 Å². The smallest absolute Gasteiger partial charge is 0.379 e. The molecule has 0 fully saturated rings. The molecule has 1 N–H and O–H groups in total. The Bertz CT molecular complexity index is 933. The maximum absolute atomic E-state index is 13.0. The minimum atomic E-state index is -3.25. The first-order valence-corrected chi connectivity index (χ1v) is 12.4. The number of nitrogens with one attached hydrogen (secondary N) is 1. The van der Waals surface area contributed by atoms with Gasteiger partial charge >= 0.3 is 7.60 Å². The minimum Gasteiger partial charge on any atom is -0.424 e. The number of amides is 1. The number of hydrogen-bond donors (Lipinski definition) is 1. The van der Waals surface area contributed by atoms with Crippen LogP contribution in [0.2, 0.25) is 0 Å². The molecule has 1 atom stereocenters. The topological polar surface area (TPSA) is 77.0 Å². The fourth-order valence-electron chi connectivity index (χ4n) is 2.81. The van der Waals surface area contributed by atoms with Crippen LogP contribution in [0.3, 0.4) is 0 Å². The first kappa shape index (κ1) is 24.8. The molecular weight excluding hydrogens is 411 g/mol. The lowest BCUT2D eigenvalue weighted by atomic mass is 9.87. The van der Waals surface area contributed by atoms with Crippen molar-refractivity contribution in [3.63, 3.8) is 0 Å². The van der Waals surface area contributed by atoms with Gasteiger partial charge in [-0.2, -0.15) is 5.10 Å². The van der Waals surface area contributed by atoms with Crippen LogP contribution in [-0.2, 0) is 14.5 Å². The van der Waals surface area contributed by atoms with Crippen molar-refractivity contribution in [2.24, 2.45) is 5.10 Å². The first-order valence-electron chi connectivity index (χ1n) is 10.6. The van der Waals surface area contributed by atoms with E-state index in [1.807, 2.05) is 32.0 Å². The Morgan fingerprint density at radius 1 is 1.06 bits per heavy atom. The normalized spacial score (nSPS) is 13.7. The van der Waals surface area contributed by atoms with E-state index in [0.717, 1.165) is 12.0 Å². The van der Waals surface area contributed by atoms with E-state index in [4.69, 9.17) is 9.05 Å². The number of hydrazone groups is 1. The second-order valence-electron chi connectivity index (χ2n) is 8.32. The highest BCUT2D eigenvalue weighted by atomic mass is 31.2. The van der Waals surface area contributed by atoms with E-state index in [9.17, 15) is 9.36 Å². The number of rotatable bonds is 10. The fourth-order valence-corrected chi connectivity index (χ4v) is 4.56. The Labute approximate surface area is 185 Å². The summed E-state index contributed by atoms with van der Waals surface area (Å²) in [5.41, 5.74) is 4.83. The van der Waals surface area contributed by atoms with Gasteiger partial charge in [0.2, 0.25) is 0 Å². The van der Waals surface area contributed by atoms with Crippen molar-refractivity contribution in [1.29, 1.82) is 0 Å². The van der Waals surface area contributed by atoms with E-state index >= 15 is 0 Å². The van der Waals surface area contributed by atoms with E-state index in [1.54, 1.807) is 30.3 Å². The number of benzene rings is 2. The van der Waals surface area contributed by atoms with Crippen molar-refractivity contribution in [2.45, 2.75) is 52.9 Å². The molecule has 0 aliphatic carbocycles. The van der Waals surface area contributed by atoms with Gasteiger partial charge in [-0.1, -0.05) is 58.9 Å². The predicted molar refractivity (Wildman–Crippen MR) is 126 cm³/mol. The Morgan fingerprint density at radius 3 is 2.35 bits per heavy atom. The molecule has 0 heterocycles. The summed E-state index contributed by atoms with van der Waals surface area (Å²) in [5.74, 6) is 0.0981. The molecule has 0 aliphatic rings. The molecular formula is C24H33N2O4P. The summed E-state index contributed by atoms with van der Waals surface area (Å²) >= 11 is 0. The zero-order valence-corrected chi connectivity index (χ0v) is 19.9. The van der Waals surface area contributed by atoms with E-state index in [2.05, 4.69) is 31.3 Å². The van der Waals surface area contributed by atoms with Crippen LogP contribution < -0.4 is 9.95 Å². The van der Waals surface area contributed by atoms with Crippen molar-refractivity contribution in [3.8, 4) is 5.75 Å². The predicted octanol–water partition coefficient (Wildman–Crippen LogP) is 6.16. The summed E-state index contributed by atoms with van der Waals surface area (Å²) in [6, 6.07) is 14.6. The summed E-state index contributed by atoms with van der Waals surface area (Å²) in [5, 5.41) is 4.05. The molecule has 0 spiro atoms. The molecule has 0 bridgehead atoms. The Morgan fingerprint density at radius 2 is 1.74 bits per heavy atom. The van der Waals surface area contributed by atoms with Gasteiger partial charge < -0.3 is 4.52 Å². The third-order valence-corrected chi connectivity index (χ3v) is 6.57. The van der Waals surface area contributed by atoms with Crippen molar-refractivity contribution >= 4 is 19.7 Å². The second kappa shape index (κ2) is 11.3. The number of nitrogens with zero attached hydrogens (tertiary/aromatic N) is 1. The van der Waals surface area contributed by atoms with Gasteiger partial charge in [-0.3, -0.25) is 9.32 Å². The average molecular weight is 445 g/mol. The standard InChI is InChI=1S/C24H33N2O4P/c1-6-16-29-31(28,17-7-2)30-22-11-9-8-10-20(22)18-25-26-23(27)19-12-14-21(15-13-19)24(3,4)5/h8-15,18H,6-7,16-17H2,1-5H3,(H,26,27). The number of hydrogen-bond acceptors (Lipinski definition) is 5. The van der Waals surface area contributed by atoms with Crippen LogP contribution in [0.5, 0.6) is 5.75 Å². The van der Waals surface area contributed by atoms with Crippen LogP contribution in [0.1, 0.15) is 68.9 Å². The summed E-state index contributed by atoms with van der Waals surface area (Å²) in [4.78, 5) is 12.4. The molecule has 1 unspecified atom stereocenters. The Balaban J connectivity index is 2.09. The second-order valence-corrected chi connectivity index (χ2v) is 10.4. The lowest BCUT2D eigenvalue weighted by Gasteiger charge is -2.19. The van der Waals surface area contributed by atoms with Gasteiger partial charge in [0.1, 0.15) is 5.75 Å². The van der Waals surface area contributed by atoms with Crippen LogP contribution in [-0.4, -0.2) is 24.9 Å². The molecule has 2 rings (SSSR count). The first-order chi connectivity index (χ1) is 14.7. The van der Waals surface area contributed by atoms with Gasteiger partial charge in [-0.05, 0) is 48.1 Å². The molecule has 0 radical (unpaired) electrons. The van der Waals surface area contributed by atoms with Gasteiger partial charge in [0, 0.05) is 11.1 Å². The monoisotopic (exact) mass is 444 g/mol. The molecule has 0 saturated heterocycles. The third kappa shape index (κ3) is 7.64. The van der Waals surface area contributed by atoms with Gasteiger partial charge in [-0.25, -0.2) is 9.99 Å². The lowest BCUT2D eigenvalue weighted by Crippen LogP contribution is -2.18. The van der Waals surface area contributed by atoms with Gasteiger partial charge in [-0.15, -0.1) is 0 Å². The number of carbonyl (C=O) groups is 1. The highest BCUT2D eigenvalue weighted by molar-refractivity contribution is 7.54. The van der Waals surface area contributed by atoms with Gasteiger partial charge in [0.25, 0.3) is 5.91 Å². The Kier molecular flexibility index (Phi) is 9.02. The highest BCUT2D eigenvalue weighted by Gasteiger charge is 2.25. The zero-order valence-electron chi connectivity index (χ0n) is 19.1. The third-order valence-electron chi connectivity index (χ3n) is 4.53. The van der Waals surface area contributed by atoms with E-state index < -0.39 is 7.60 Å². The van der Waals surface area contributed by atoms with E-state index in [0.29, 0.717) is 36.1 Å². The summed E-state index contributed by atoms with van der Waals surface area (Å²) in [7, 11) is -3.25. The maximum atomic E-state index is 13.0. The van der Waals surface area contributed by atoms with E-state index in [1.165, 1.54) is 6.21 Å². The number of para-hydroxylation sites is 1.